The van der Waals surface area contributed by atoms with E-state index in [0.717, 1.165) is 16.8 Å². The fourth-order valence-corrected chi connectivity index (χ4v) is 2.04. The Morgan fingerprint density at radius 1 is 1.41 bits per heavy atom. The highest BCUT2D eigenvalue weighted by atomic mass is 16.3. The Morgan fingerprint density at radius 2 is 2.18 bits per heavy atom. The van der Waals surface area contributed by atoms with E-state index in [-0.39, 0.29) is 12.5 Å². The second kappa shape index (κ2) is 4.47. The first-order chi connectivity index (χ1) is 8.05. The van der Waals surface area contributed by atoms with Crippen molar-refractivity contribution >= 4 is 11.6 Å². The summed E-state index contributed by atoms with van der Waals surface area (Å²) < 4.78 is 0. The lowest BCUT2D eigenvalue weighted by molar-refractivity contribution is -0.119. The lowest BCUT2D eigenvalue weighted by atomic mass is 9.85. The predicted octanol–water partition coefficient (Wildman–Crippen LogP) is 0.998. The quantitative estimate of drug-likeness (QED) is 0.681. The van der Waals surface area contributed by atoms with E-state index >= 15 is 0 Å². The zero-order valence-corrected chi connectivity index (χ0v) is 10.2. The van der Waals surface area contributed by atoms with Gasteiger partial charge in [-0.3, -0.25) is 4.79 Å². The molecule has 92 valence electrons. The molecule has 0 atom stereocenters. The maximum Gasteiger partial charge on any atom is 0.234 e. The Hall–Kier alpha value is -1.39. The van der Waals surface area contributed by atoms with E-state index in [1.54, 1.807) is 0 Å². The first-order valence-corrected chi connectivity index (χ1v) is 5.82. The van der Waals surface area contributed by atoms with E-state index in [4.69, 9.17) is 5.11 Å². The Morgan fingerprint density at radius 3 is 2.88 bits per heavy atom. The highest BCUT2D eigenvalue weighted by Gasteiger charge is 2.38. The second-order valence-electron chi connectivity index (χ2n) is 4.86. The molecule has 0 radical (unpaired) electrons. The average molecular weight is 234 g/mol. The van der Waals surface area contributed by atoms with Crippen molar-refractivity contribution < 1.29 is 9.90 Å². The molecule has 1 aliphatic rings. The molecular weight excluding hydrogens is 216 g/mol. The summed E-state index contributed by atoms with van der Waals surface area (Å²) in [5.41, 5.74) is 2.63. The van der Waals surface area contributed by atoms with Crippen molar-refractivity contribution in [1.82, 2.24) is 5.32 Å². The zero-order chi connectivity index (χ0) is 12.5. The van der Waals surface area contributed by atoms with Crippen molar-refractivity contribution in [1.29, 1.82) is 0 Å². The van der Waals surface area contributed by atoms with Crippen LogP contribution >= 0.6 is 0 Å². The number of aliphatic hydroxyl groups excluding tert-OH is 1. The van der Waals surface area contributed by atoms with E-state index < -0.39 is 5.41 Å². The Kier molecular flexibility index (Phi) is 3.17. The number of carbonyl (C=O) groups excluding carboxylic acids is 1. The van der Waals surface area contributed by atoms with Gasteiger partial charge in [-0.1, -0.05) is 12.1 Å². The molecule has 0 fully saturated rings. The SMILES string of the molecule is CC1(C)C(=O)Nc2ccc(CNCCO)cc21. The zero-order valence-electron chi connectivity index (χ0n) is 10.2. The highest BCUT2D eigenvalue weighted by Crippen LogP contribution is 2.37. The van der Waals surface area contributed by atoms with Crippen LogP contribution in [0.25, 0.3) is 0 Å². The van der Waals surface area contributed by atoms with Crippen LogP contribution < -0.4 is 10.6 Å². The number of nitrogens with one attached hydrogen (secondary N) is 2. The lowest BCUT2D eigenvalue weighted by Crippen LogP contribution is -2.27. The van der Waals surface area contributed by atoms with Gasteiger partial charge in [0.25, 0.3) is 0 Å². The van der Waals surface area contributed by atoms with Crippen LogP contribution in [0.2, 0.25) is 0 Å². The molecule has 1 heterocycles. The third kappa shape index (κ3) is 2.18. The number of carbonyl (C=O) groups is 1. The van der Waals surface area contributed by atoms with Crippen molar-refractivity contribution in [3.63, 3.8) is 0 Å². The minimum atomic E-state index is -0.456. The Labute approximate surface area is 101 Å². The van der Waals surface area contributed by atoms with Crippen LogP contribution in [0.3, 0.4) is 0 Å². The molecule has 1 aromatic carbocycles. The molecule has 0 unspecified atom stereocenters. The number of anilines is 1. The fourth-order valence-electron chi connectivity index (χ4n) is 2.04. The van der Waals surface area contributed by atoms with E-state index in [1.807, 2.05) is 26.0 Å². The van der Waals surface area contributed by atoms with Gasteiger partial charge in [0.05, 0.1) is 12.0 Å². The summed E-state index contributed by atoms with van der Waals surface area (Å²) in [4.78, 5) is 11.8. The summed E-state index contributed by atoms with van der Waals surface area (Å²) in [7, 11) is 0. The maximum atomic E-state index is 11.8. The number of aliphatic hydroxyl groups is 1. The summed E-state index contributed by atoms with van der Waals surface area (Å²) in [5, 5.41) is 14.7. The van der Waals surface area contributed by atoms with Crippen molar-refractivity contribution in [3.8, 4) is 0 Å². The molecule has 1 aliphatic heterocycles. The largest absolute Gasteiger partial charge is 0.395 e. The van der Waals surface area contributed by atoms with Crippen molar-refractivity contribution in [2.24, 2.45) is 0 Å². The highest BCUT2D eigenvalue weighted by molar-refractivity contribution is 6.05. The van der Waals surface area contributed by atoms with Gasteiger partial charge in [0.15, 0.2) is 0 Å². The number of hydrogen-bond acceptors (Lipinski definition) is 3. The standard InChI is InChI=1S/C13H18N2O2/c1-13(2)10-7-9(8-14-5-6-16)3-4-11(10)15-12(13)17/h3-4,7,14,16H,5-6,8H2,1-2H3,(H,15,17). The van der Waals surface area contributed by atoms with Gasteiger partial charge < -0.3 is 15.7 Å². The summed E-state index contributed by atoms with van der Waals surface area (Å²) in [6, 6.07) is 5.99. The molecule has 0 aliphatic carbocycles. The van der Waals surface area contributed by atoms with Gasteiger partial charge in [-0.2, -0.15) is 0 Å². The van der Waals surface area contributed by atoms with Crippen LogP contribution in [0.15, 0.2) is 18.2 Å². The minimum Gasteiger partial charge on any atom is -0.395 e. The summed E-state index contributed by atoms with van der Waals surface area (Å²) in [5.74, 6) is 0.0490. The average Bonchev–Trinajstić information content (AvgIpc) is 2.51. The molecule has 1 amide bonds. The smallest absolute Gasteiger partial charge is 0.234 e. The third-order valence-corrected chi connectivity index (χ3v) is 3.19. The van der Waals surface area contributed by atoms with Crippen LogP contribution in [0.4, 0.5) is 5.69 Å². The van der Waals surface area contributed by atoms with E-state index in [0.29, 0.717) is 13.1 Å². The summed E-state index contributed by atoms with van der Waals surface area (Å²) in [6.07, 6.45) is 0. The molecule has 3 N–H and O–H groups in total. The van der Waals surface area contributed by atoms with Gasteiger partial charge in [0, 0.05) is 18.8 Å². The number of fused-ring (bicyclic) bond motifs is 1. The van der Waals surface area contributed by atoms with Crippen LogP contribution in [0, 0.1) is 0 Å². The van der Waals surface area contributed by atoms with Crippen LogP contribution in [-0.4, -0.2) is 24.2 Å². The molecule has 0 bridgehead atoms. The number of benzene rings is 1. The fraction of sp³-hybridized carbons (Fsp3) is 0.462. The first-order valence-electron chi connectivity index (χ1n) is 5.82. The molecule has 0 saturated heterocycles. The lowest BCUT2D eigenvalue weighted by Gasteiger charge is -2.15. The first kappa shape index (κ1) is 12.1. The van der Waals surface area contributed by atoms with Gasteiger partial charge in [-0.25, -0.2) is 0 Å². The van der Waals surface area contributed by atoms with Crippen molar-refractivity contribution in [2.75, 3.05) is 18.5 Å². The number of amides is 1. The molecule has 4 nitrogen and oxygen atoms in total. The third-order valence-electron chi connectivity index (χ3n) is 3.19. The maximum absolute atomic E-state index is 11.8. The van der Waals surface area contributed by atoms with E-state index in [9.17, 15) is 4.79 Å². The predicted molar refractivity (Wildman–Crippen MR) is 66.9 cm³/mol. The number of rotatable bonds is 4. The molecule has 0 spiro atoms. The van der Waals surface area contributed by atoms with Crippen LogP contribution in [0.1, 0.15) is 25.0 Å². The molecule has 0 aromatic heterocycles. The van der Waals surface area contributed by atoms with Crippen molar-refractivity contribution in [3.05, 3.63) is 29.3 Å². The Bertz CT molecular complexity index is 441. The van der Waals surface area contributed by atoms with Gasteiger partial charge in [-0.05, 0) is 31.0 Å². The number of hydrogen-bond donors (Lipinski definition) is 3. The van der Waals surface area contributed by atoms with Gasteiger partial charge in [0.1, 0.15) is 0 Å². The molecule has 2 rings (SSSR count). The van der Waals surface area contributed by atoms with E-state index in [1.165, 1.54) is 0 Å². The molecular formula is C13H18N2O2. The van der Waals surface area contributed by atoms with Gasteiger partial charge in [0.2, 0.25) is 5.91 Å². The second-order valence-corrected chi connectivity index (χ2v) is 4.86. The van der Waals surface area contributed by atoms with Crippen LogP contribution in [-0.2, 0) is 16.8 Å². The monoisotopic (exact) mass is 234 g/mol. The van der Waals surface area contributed by atoms with Gasteiger partial charge in [-0.15, -0.1) is 0 Å². The Balaban J connectivity index is 2.20. The molecule has 0 saturated carbocycles. The van der Waals surface area contributed by atoms with E-state index in [2.05, 4.69) is 16.7 Å². The molecule has 17 heavy (non-hydrogen) atoms. The minimum absolute atomic E-state index is 0.0490. The summed E-state index contributed by atoms with van der Waals surface area (Å²) >= 11 is 0. The van der Waals surface area contributed by atoms with Gasteiger partial charge >= 0.3 is 0 Å². The molecule has 1 aromatic rings. The topological polar surface area (TPSA) is 61.4 Å². The van der Waals surface area contributed by atoms with Crippen LogP contribution in [0.5, 0.6) is 0 Å². The van der Waals surface area contributed by atoms with Crippen molar-refractivity contribution in [2.45, 2.75) is 25.8 Å². The normalized spacial score (nSPS) is 16.8. The molecule has 4 heteroatoms. The summed E-state index contributed by atoms with van der Waals surface area (Å²) in [6.45, 7) is 5.28.